The second-order valence-electron chi connectivity index (χ2n) is 7.64. The zero-order valence-corrected chi connectivity index (χ0v) is 17.6. The van der Waals surface area contributed by atoms with Gasteiger partial charge in [0.1, 0.15) is 18.8 Å². The predicted octanol–water partition coefficient (Wildman–Crippen LogP) is 4.12. The maximum absolute atomic E-state index is 14.2. The van der Waals surface area contributed by atoms with E-state index in [-0.39, 0.29) is 16.9 Å². The van der Waals surface area contributed by atoms with E-state index in [0.717, 1.165) is 35.7 Å². The first-order chi connectivity index (χ1) is 14.2. The SMILES string of the molecule is Fc1c(Cl)cc(C2(C(F)(F)F)CC(c3cc4c(s3)C3(C[NH2+]C3)OCC4)=NO2)cc1Cl. The van der Waals surface area contributed by atoms with E-state index >= 15 is 0 Å². The number of oxime groups is 1. The summed E-state index contributed by atoms with van der Waals surface area (Å²) in [6.07, 6.45) is -4.68. The zero-order chi connectivity index (χ0) is 21.3. The lowest BCUT2D eigenvalue weighted by molar-refractivity contribution is -0.748. The first-order valence-corrected chi connectivity index (χ1v) is 10.8. The molecule has 3 aliphatic heterocycles. The summed E-state index contributed by atoms with van der Waals surface area (Å²) >= 11 is 12.9. The Kier molecular flexibility index (Phi) is 4.65. The highest BCUT2D eigenvalue weighted by atomic mass is 35.5. The zero-order valence-electron chi connectivity index (χ0n) is 15.3. The average molecular weight is 482 g/mol. The molecule has 2 N–H and O–H groups in total. The number of alkyl halides is 3. The van der Waals surface area contributed by atoms with Crippen LogP contribution in [0, 0.1) is 5.82 Å². The number of hydrogen-bond acceptors (Lipinski definition) is 4. The summed E-state index contributed by atoms with van der Waals surface area (Å²) in [5.41, 5.74) is -2.27. The number of nitrogens with zero attached hydrogens (tertiary/aromatic N) is 1. The average Bonchev–Trinajstić information content (AvgIpc) is 3.28. The van der Waals surface area contributed by atoms with Crippen molar-refractivity contribution in [2.75, 3.05) is 19.7 Å². The first kappa shape index (κ1) is 20.5. The van der Waals surface area contributed by atoms with Gasteiger partial charge in [0.25, 0.3) is 5.60 Å². The molecule has 4 nitrogen and oxygen atoms in total. The van der Waals surface area contributed by atoms with Gasteiger partial charge in [0, 0.05) is 5.56 Å². The third kappa shape index (κ3) is 2.90. The van der Waals surface area contributed by atoms with Crippen molar-refractivity contribution >= 4 is 40.3 Å². The van der Waals surface area contributed by atoms with Crippen LogP contribution in [0.1, 0.15) is 27.3 Å². The van der Waals surface area contributed by atoms with Crippen molar-refractivity contribution in [3.63, 3.8) is 0 Å². The fraction of sp³-hybridized carbons (Fsp3) is 0.421. The lowest BCUT2D eigenvalue weighted by Gasteiger charge is -2.40. The lowest BCUT2D eigenvalue weighted by Crippen LogP contribution is -3.01. The van der Waals surface area contributed by atoms with Crippen molar-refractivity contribution < 1.29 is 32.5 Å². The Morgan fingerprint density at radius 3 is 2.43 bits per heavy atom. The molecule has 0 radical (unpaired) electrons. The maximum Gasteiger partial charge on any atom is 0.435 e. The van der Waals surface area contributed by atoms with Crippen molar-refractivity contribution in [1.29, 1.82) is 0 Å². The highest BCUT2D eigenvalue weighted by Crippen LogP contribution is 2.51. The smallest absolute Gasteiger partial charge is 0.374 e. The number of halogens is 6. The molecular formula is C19H15Cl2F4N2O2S+. The summed E-state index contributed by atoms with van der Waals surface area (Å²) < 4.78 is 62.3. The van der Waals surface area contributed by atoms with E-state index in [1.54, 1.807) is 0 Å². The van der Waals surface area contributed by atoms with Crippen LogP contribution in [0.5, 0.6) is 0 Å². The monoisotopic (exact) mass is 481 g/mol. The highest BCUT2D eigenvalue weighted by Gasteiger charge is 2.63. The van der Waals surface area contributed by atoms with Gasteiger partial charge in [0.15, 0.2) is 11.4 Å². The largest absolute Gasteiger partial charge is 0.435 e. The summed E-state index contributed by atoms with van der Waals surface area (Å²) in [7, 11) is 0. The molecule has 0 amide bonds. The van der Waals surface area contributed by atoms with Crippen LogP contribution in [0.3, 0.4) is 0 Å². The third-order valence-electron chi connectivity index (χ3n) is 5.84. The molecule has 1 atom stereocenters. The second-order valence-corrected chi connectivity index (χ2v) is 9.51. The molecule has 1 unspecified atom stereocenters. The van der Waals surface area contributed by atoms with E-state index in [1.165, 1.54) is 11.3 Å². The first-order valence-electron chi connectivity index (χ1n) is 9.21. The van der Waals surface area contributed by atoms with Gasteiger partial charge in [-0.3, -0.25) is 0 Å². The van der Waals surface area contributed by atoms with Crippen LogP contribution in [0.25, 0.3) is 0 Å². The molecule has 1 aromatic carbocycles. The van der Waals surface area contributed by atoms with E-state index < -0.39 is 34.1 Å². The lowest BCUT2D eigenvalue weighted by atomic mass is 9.87. The molecule has 3 aliphatic rings. The van der Waals surface area contributed by atoms with E-state index in [0.29, 0.717) is 17.9 Å². The molecule has 160 valence electrons. The normalized spacial score (nSPS) is 24.9. The summed E-state index contributed by atoms with van der Waals surface area (Å²) in [5.74, 6) is -0.980. The molecule has 4 heterocycles. The van der Waals surface area contributed by atoms with Crippen LogP contribution < -0.4 is 5.32 Å². The van der Waals surface area contributed by atoms with Crippen molar-refractivity contribution in [1.82, 2.24) is 0 Å². The van der Waals surface area contributed by atoms with Gasteiger partial charge in [-0.05, 0) is 30.2 Å². The number of fused-ring (bicyclic) bond motifs is 2. The molecule has 1 aromatic heterocycles. The molecule has 2 aromatic rings. The molecule has 5 rings (SSSR count). The van der Waals surface area contributed by atoms with Gasteiger partial charge in [0.05, 0.1) is 32.8 Å². The number of quaternary nitrogens is 1. The second kappa shape index (κ2) is 6.80. The van der Waals surface area contributed by atoms with Gasteiger partial charge < -0.3 is 14.9 Å². The summed E-state index contributed by atoms with van der Waals surface area (Å²) in [4.78, 5) is 6.69. The van der Waals surface area contributed by atoms with Gasteiger partial charge in [-0.25, -0.2) is 4.39 Å². The standard InChI is InChI=1S/C19H14Cl2F4N2O2S/c20-11-4-10(5-12(21)15(11)22)18(19(23,24)25)6-13(27-29-18)14-3-9-1-2-28-17(7-26-8-17)16(9)30-14/h3-5,26H,1-2,6-8H2/p+1. The fourth-order valence-electron chi connectivity index (χ4n) is 4.10. The summed E-state index contributed by atoms with van der Waals surface area (Å²) in [6.45, 7) is 2.17. The minimum atomic E-state index is -4.83. The Bertz CT molecular complexity index is 1040. The van der Waals surface area contributed by atoms with Gasteiger partial charge in [0.2, 0.25) is 0 Å². The molecule has 0 bridgehead atoms. The van der Waals surface area contributed by atoms with Crippen molar-refractivity contribution in [2.24, 2.45) is 5.16 Å². The fourth-order valence-corrected chi connectivity index (χ4v) is 5.94. The molecular weight excluding hydrogens is 467 g/mol. The number of thiophene rings is 1. The summed E-state index contributed by atoms with van der Waals surface area (Å²) in [5, 5.41) is 4.91. The van der Waals surface area contributed by atoms with Crippen molar-refractivity contribution in [3.05, 3.63) is 54.9 Å². The van der Waals surface area contributed by atoms with Crippen LogP contribution in [0.15, 0.2) is 23.4 Å². The number of nitrogens with two attached hydrogens (primary N) is 1. The van der Waals surface area contributed by atoms with E-state index in [9.17, 15) is 17.6 Å². The quantitative estimate of drug-likeness (QED) is 0.518. The minimum absolute atomic E-state index is 0.182. The highest BCUT2D eigenvalue weighted by molar-refractivity contribution is 7.14. The summed E-state index contributed by atoms with van der Waals surface area (Å²) in [6, 6.07) is 3.66. The number of ether oxygens (including phenoxy) is 1. The number of hydrogen-bond donors (Lipinski definition) is 1. The predicted molar refractivity (Wildman–Crippen MR) is 104 cm³/mol. The van der Waals surface area contributed by atoms with E-state index in [2.05, 4.69) is 10.5 Å². The molecule has 1 saturated heterocycles. The van der Waals surface area contributed by atoms with Crippen molar-refractivity contribution in [2.45, 2.75) is 30.2 Å². The van der Waals surface area contributed by atoms with Gasteiger partial charge in [-0.15, -0.1) is 11.3 Å². The molecule has 1 spiro atoms. The van der Waals surface area contributed by atoms with E-state index in [4.69, 9.17) is 32.8 Å². The third-order valence-corrected chi connectivity index (χ3v) is 7.80. The van der Waals surface area contributed by atoms with Crippen LogP contribution >= 0.6 is 34.5 Å². The van der Waals surface area contributed by atoms with Crippen molar-refractivity contribution in [3.8, 4) is 0 Å². The molecule has 30 heavy (non-hydrogen) atoms. The van der Waals surface area contributed by atoms with Crippen LogP contribution in [-0.4, -0.2) is 31.6 Å². The maximum atomic E-state index is 14.2. The van der Waals surface area contributed by atoms with Crippen LogP contribution in [0.2, 0.25) is 10.0 Å². The Morgan fingerprint density at radius 2 is 1.83 bits per heavy atom. The number of rotatable bonds is 2. The Labute approximate surface area is 182 Å². The van der Waals surface area contributed by atoms with Gasteiger partial charge in [-0.1, -0.05) is 28.4 Å². The Hall–Kier alpha value is -1.39. The molecule has 1 fully saturated rings. The Morgan fingerprint density at radius 1 is 1.13 bits per heavy atom. The molecule has 11 heteroatoms. The minimum Gasteiger partial charge on any atom is -0.374 e. The van der Waals surface area contributed by atoms with Gasteiger partial charge >= 0.3 is 6.18 Å². The topological polar surface area (TPSA) is 47.4 Å². The van der Waals surface area contributed by atoms with E-state index in [1.807, 2.05) is 6.07 Å². The van der Waals surface area contributed by atoms with Gasteiger partial charge in [-0.2, -0.15) is 13.2 Å². The molecule has 0 saturated carbocycles. The number of benzene rings is 1. The van der Waals surface area contributed by atoms with Crippen LogP contribution in [-0.2, 0) is 27.2 Å². The van der Waals surface area contributed by atoms with Crippen LogP contribution in [0.4, 0.5) is 17.6 Å². The molecule has 0 aliphatic carbocycles. The Balaban J connectivity index is 1.52.